The van der Waals surface area contributed by atoms with E-state index >= 15 is 0 Å². The molecule has 19 heavy (non-hydrogen) atoms. The minimum Gasteiger partial charge on any atom is -0.481 e. The summed E-state index contributed by atoms with van der Waals surface area (Å²) in [5, 5.41) is 28.2. The number of rotatable bonds is 6. The number of carboxylic acids is 2. The Kier molecular flexibility index (Phi) is 3.55. The van der Waals surface area contributed by atoms with Crippen molar-refractivity contribution < 1.29 is 24.2 Å². The minimum absolute atomic E-state index is 0.0844. The average molecular weight is 266 g/mol. The quantitative estimate of drug-likeness (QED) is 0.748. The van der Waals surface area contributed by atoms with Gasteiger partial charge in [0.1, 0.15) is 12.3 Å². The molecule has 0 radical (unpaired) electrons. The molecule has 0 bridgehead atoms. The summed E-state index contributed by atoms with van der Waals surface area (Å²) >= 11 is 0. The summed E-state index contributed by atoms with van der Waals surface area (Å²) < 4.78 is 6.44. The summed E-state index contributed by atoms with van der Waals surface area (Å²) in [5.74, 6) is -1.50. The highest BCUT2D eigenvalue weighted by atomic mass is 16.4. The SMILES string of the molecule is O=C(O)CCc1nnnn1Cc1ccc(C(=O)O)o1. The minimum atomic E-state index is -1.16. The molecule has 0 aliphatic heterocycles. The molecule has 0 unspecified atom stereocenters. The molecule has 2 rings (SSSR count). The van der Waals surface area contributed by atoms with E-state index in [1.165, 1.54) is 16.8 Å². The van der Waals surface area contributed by atoms with Gasteiger partial charge in [-0.2, -0.15) is 0 Å². The molecule has 0 aromatic carbocycles. The predicted molar refractivity (Wildman–Crippen MR) is 58.5 cm³/mol. The molecule has 9 nitrogen and oxygen atoms in total. The summed E-state index contributed by atoms with van der Waals surface area (Å²) in [6, 6.07) is 2.84. The Labute approximate surface area is 106 Å². The number of furan rings is 1. The third-order valence-corrected chi connectivity index (χ3v) is 2.35. The maximum atomic E-state index is 10.7. The van der Waals surface area contributed by atoms with E-state index in [0.717, 1.165) is 0 Å². The number of carbonyl (C=O) groups is 2. The first-order valence-electron chi connectivity index (χ1n) is 5.35. The standard InChI is InChI=1S/C10H10N4O5/c15-9(16)4-3-8-11-12-13-14(8)5-6-1-2-7(19-6)10(17)18/h1-2H,3-5H2,(H,15,16)(H,17,18). The van der Waals surface area contributed by atoms with E-state index in [0.29, 0.717) is 11.6 Å². The molecule has 0 atom stereocenters. The van der Waals surface area contributed by atoms with Crippen molar-refractivity contribution in [2.24, 2.45) is 0 Å². The summed E-state index contributed by atoms with van der Waals surface area (Å²) in [4.78, 5) is 21.1. The van der Waals surface area contributed by atoms with E-state index in [-0.39, 0.29) is 25.1 Å². The first-order chi connectivity index (χ1) is 9.06. The van der Waals surface area contributed by atoms with Gasteiger partial charge in [-0.05, 0) is 22.6 Å². The molecule has 2 aromatic rings. The smallest absolute Gasteiger partial charge is 0.371 e. The molecule has 0 amide bonds. The number of hydrogen-bond donors (Lipinski definition) is 2. The Morgan fingerprint density at radius 2 is 2.11 bits per heavy atom. The van der Waals surface area contributed by atoms with Crippen LogP contribution in [0.2, 0.25) is 0 Å². The van der Waals surface area contributed by atoms with Crippen molar-refractivity contribution in [3.63, 3.8) is 0 Å². The first-order valence-corrected chi connectivity index (χ1v) is 5.35. The number of carboxylic acid groups (broad SMARTS) is 2. The molecule has 0 aliphatic carbocycles. The largest absolute Gasteiger partial charge is 0.481 e. The zero-order valence-electron chi connectivity index (χ0n) is 9.68. The van der Waals surface area contributed by atoms with Crippen molar-refractivity contribution in [1.29, 1.82) is 0 Å². The fourth-order valence-electron chi connectivity index (χ4n) is 1.47. The molecule has 2 heterocycles. The Morgan fingerprint density at radius 3 is 2.74 bits per heavy atom. The van der Waals surface area contributed by atoms with Gasteiger partial charge in [-0.1, -0.05) is 0 Å². The van der Waals surface area contributed by atoms with E-state index < -0.39 is 11.9 Å². The molecule has 9 heteroatoms. The summed E-state index contributed by atoms with van der Waals surface area (Å²) in [7, 11) is 0. The Balaban J connectivity index is 2.08. The second-order valence-electron chi connectivity index (χ2n) is 3.72. The lowest BCUT2D eigenvalue weighted by molar-refractivity contribution is -0.137. The van der Waals surface area contributed by atoms with Crippen LogP contribution in [0.1, 0.15) is 28.6 Å². The maximum Gasteiger partial charge on any atom is 0.371 e. The van der Waals surface area contributed by atoms with Crippen LogP contribution >= 0.6 is 0 Å². The molecule has 0 spiro atoms. The van der Waals surface area contributed by atoms with Crippen LogP contribution in [0.5, 0.6) is 0 Å². The summed E-state index contributed by atoms with van der Waals surface area (Å²) in [5.41, 5.74) is 0. The normalized spacial score (nSPS) is 10.5. The molecule has 100 valence electrons. The van der Waals surface area contributed by atoms with E-state index in [1.807, 2.05) is 0 Å². The molecule has 2 N–H and O–H groups in total. The number of nitrogens with zero attached hydrogens (tertiary/aromatic N) is 4. The van der Waals surface area contributed by atoms with Crippen LogP contribution in [-0.4, -0.2) is 42.4 Å². The number of aliphatic carboxylic acids is 1. The van der Waals surface area contributed by atoms with Crippen molar-refractivity contribution >= 4 is 11.9 Å². The van der Waals surface area contributed by atoms with Gasteiger partial charge < -0.3 is 14.6 Å². The van der Waals surface area contributed by atoms with Gasteiger partial charge in [0.2, 0.25) is 5.76 Å². The Hall–Kier alpha value is -2.71. The van der Waals surface area contributed by atoms with E-state index in [4.69, 9.17) is 14.6 Å². The number of hydrogen-bond acceptors (Lipinski definition) is 6. The van der Waals surface area contributed by atoms with Crippen LogP contribution in [0, 0.1) is 0 Å². The fourth-order valence-corrected chi connectivity index (χ4v) is 1.47. The van der Waals surface area contributed by atoms with Gasteiger partial charge in [-0.25, -0.2) is 9.48 Å². The van der Waals surface area contributed by atoms with Crippen molar-refractivity contribution in [3.8, 4) is 0 Å². The van der Waals surface area contributed by atoms with Crippen LogP contribution < -0.4 is 0 Å². The van der Waals surface area contributed by atoms with E-state index in [9.17, 15) is 9.59 Å². The van der Waals surface area contributed by atoms with Gasteiger partial charge in [0.25, 0.3) is 0 Å². The number of tetrazole rings is 1. The molecule has 0 saturated carbocycles. The summed E-state index contributed by atoms with van der Waals surface area (Å²) in [6.07, 6.45) is 0.105. The van der Waals surface area contributed by atoms with Gasteiger partial charge in [0.15, 0.2) is 5.82 Å². The highest BCUT2D eigenvalue weighted by Gasteiger charge is 2.13. The third kappa shape index (κ3) is 3.15. The molecular weight excluding hydrogens is 256 g/mol. The lowest BCUT2D eigenvalue weighted by atomic mass is 10.3. The zero-order valence-corrected chi connectivity index (χ0v) is 9.68. The van der Waals surface area contributed by atoms with Crippen molar-refractivity contribution in [1.82, 2.24) is 20.2 Å². The predicted octanol–water partition coefficient (Wildman–Crippen LogP) is 0.0298. The van der Waals surface area contributed by atoms with Crippen molar-refractivity contribution in [2.75, 3.05) is 0 Å². The van der Waals surface area contributed by atoms with Gasteiger partial charge in [0, 0.05) is 6.42 Å². The first kappa shape index (κ1) is 12.7. The lowest BCUT2D eigenvalue weighted by Gasteiger charge is -2.00. The average Bonchev–Trinajstić information content (AvgIpc) is 2.96. The summed E-state index contributed by atoms with van der Waals surface area (Å²) in [6.45, 7) is 0.148. The molecule has 0 fully saturated rings. The Bertz CT molecular complexity index is 603. The Morgan fingerprint density at radius 1 is 1.32 bits per heavy atom. The van der Waals surface area contributed by atoms with E-state index in [1.54, 1.807) is 0 Å². The van der Waals surface area contributed by atoms with Gasteiger partial charge in [-0.3, -0.25) is 4.79 Å². The monoisotopic (exact) mass is 266 g/mol. The molecule has 0 saturated heterocycles. The second kappa shape index (κ2) is 5.29. The molecular formula is C10H10N4O5. The third-order valence-electron chi connectivity index (χ3n) is 2.35. The fraction of sp³-hybridized carbons (Fsp3) is 0.300. The van der Waals surface area contributed by atoms with Crippen LogP contribution in [0.4, 0.5) is 0 Å². The number of aromatic nitrogens is 4. The van der Waals surface area contributed by atoms with E-state index in [2.05, 4.69) is 15.5 Å². The lowest BCUT2D eigenvalue weighted by Crippen LogP contribution is -2.08. The van der Waals surface area contributed by atoms with Crippen LogP contribution in [0.15, 0.2) is 16.5 Å². The number of aryl methyl sites for hydroxylation is 1. The zero-order chi connectivity index (χ0) is 13.8. The van der Waals surface area contributed by atoms with Crippen molar-refractivity contribution in [3.05, 3.63) is 29.5 Å². The van der Waals surface area contributed by atoms with Gasteiger partial charge in [-0.15, -0.1) is 5.10 Å². The van der Waals surface area contributed by atoms with Crippen LogP contribution in [0.3, 0.4) is 0 Å². The highest BCUT2D eigenvalue weighted by molar-refractivity contribution is 5.84. The topological polar surface area (TPSA) is 131 Å². The van der Waals surface area contributed by atoms with Crippen molar-refractivity contribution in [2.45, 2.75) is 19.4 Å². The molecule has 0 aliphatic rings. The number of aromatic carboxylic acids is 1. The highest BCUT2D eigenvalue weighted by Crippen LogP contribution is 2.10. The van der Waals surface area contributed by atoms with Gasteiger partial charge >= 0.3 is 11.9 Å². The second-order valence-corrected chi connectivity index (χ2v) is 3.72. The molecule has 2 aromatic heterocycles. The van der Waals surface area contributed by atoms with Crippen LogP contribution in [0.25, 0.3) is 0 Å². The van der Waals surface area contributed by atoms with Gasteiger partial charge in [0.05, 0.1) is 6.42 Å². The van der Waals surface area contributed by atoms with Crippen LogP contribution in [-0.2, 0) is 17.8 Å². The maximum absolute atomic E-state index is 10.7.